The van der Waals surface area contributed by atoms with Crippen molar-refractivity contribution in [2.45, 2.75) is 57.0 Å². The lowest BCUT2D eigenvalue weighted by Gasteiger charge is -2.12. The minimum absolute atomic E-state index is 0.134. The fourth-order valence-corrected chi connectivity index (χ4v) is 4.60. The fourth-order valence-electron chi connectivity index (χ4n) is 3.34. The number of aryl methyl sites for hydroxylation is 1. The molecule has 31 heavy (non-hydrogen) atoms. The largest absolute Gasteiger partial charge is 0.481 e. The van der Waals surface area contributed by atoms with Gasteiger partial charge in [0.2, 0.25) is 6.79 Å². The Kier molecular flexibility index (Phi) is 8.09. The van der Waals surface area contributed by atoms with Crippen LogP contribution in [0.5, 0.6) is 11.5 Å². The van der Waals surface area contributed by atoms with Crippen molar-refractivity contribution in [1.82, 2.24) is 9.55 Å². The Balaban J connectivity index is 1.80. The number of carbonyl (C=O) groups is 2. The number of carboxylic acids is 2. The Labute approximate surface area is 189 Å². The summed E-state index contributed by atoms with van der Waals surface area (Å²) in [6.07, 6.45) is 3.79. The van der Waals surface area contributed by atoms with Crippen LogP contribution in [-0.4, -0.2) is 44.2 Å². The molecular formula is C21H25ClN2O6S. The van der Waals surface area contributed by atoms with Gasteiger partial charge in [-0.1, -0.05) is 24.9 Å². The molecule has 0 bridgehead atoms. The lowest BCUT2D eigenvalue weighted by Crippen LogP contribution is -2.13. The van der Waals surface area contributed by atoms with Crippen LogP contribution < -0.4 is 9.47 Å². The van der Waals surface area contributed by atoms with Gasteiger partial charge in [-0.2, -0.15) is 0 Å². The van der Waals surface area contributed by atoms with Gasteiger partial charge in [0.05, 0.1) is 6.54 Å². The molecule has 2 aromatic rings. The number of hydrogen-bond acceptors (Lipinski definition) is 6. The summed E-state index contributed by atoms with van der Waals surface area (Å²) >= 11 is 7.81. The molecule has 0 saturated heterocycles. The van der Waals surface area contributed by atoms with E-state index in [9.17, 15) is 14.7 Å². The van der Waals surface area contributed by atoms with Gasteiger partial charge in [0, 0.05) is 23.9 Å². The van der Waals surface area contributed by atoms with Crippen LogP contribution in [-0.2, 0) is 17.8 Å². The van der Waals surface area contributed by atoms with Crippen molar-refractivity contribution in [3.8, 4) is 11.5 Å². The molecule has 0 aliphatic carbocycles. The highest BCUT2D eigenvalue weighted by atomic mass is 35.5. The predicted molar refractivity (Wildman–Crippen MR) is 117 cm³/mol. The Hall–Kier alpha value is -2.39. The number of hydrogen-bond donors (Lipinski definition) is 2. The number of benzene rings is 1. The van der Waals surface area contributed by atoms with Gasteiger partial charge in [-0.3, -0.25) is 4.79 Å². The number of fused-ring (bicyclic) bond motifs is 1. The maximum absolute atomic E-state index is 12.1. The molecule has 2 N–H and O–H groups in total. The molecule has 1 aromatic heterocycles. The number of nitrogens with zero attached hydrogens (tertiary/aromatic N) is 2. The van der Waals surface area contributed by atoms with E-state index in [0.717, 1.165) is 24.8 Å². The van der Waals surface area contributed by atoms with E-state index in [-0.39, 0.29) is 25.5 Å². The van der Waals surface area contributed by atoms with Crippen molar-refractivity contribution in [3.63, 3.8) is 0 Å². The molecular weight excluding hydrogens is 444 g/mol. The summed E-state index contributed by atoms with van der Waals surface area (Å²) in [5, 5.41) is 19.6. The van der Waals surface area contributed by atoms with Gasteiger partial charge in [0.15, 0.2) is 17.2 Å². The van der Waals surface area contributed by atoms with Crippen molar-refractivity contribution >= 4 is 35.3 Å². The lowest BCUT2D eigenvalue weighted by atomic mass is 10.2. The maximum atomic E-state index is 12.1. The predicted octanol–water partition coefficient (Wildman–Crippen LogP) is 4.70. The van der Waals surface area contributed by atoms with Crippen LogP contribution in [0.4, 0.5) is 0 Å². The summed E-state index contributed by atoms with van der Waals surface area (Å²) in [6.45, 7) is 2.41. The Morgan fingerprint density at radius 1 is 1.19 bits per heavy atom. The summed E-state index contributed by atoms with van der Waals surface area (Å²) in [4.78, 5) is 27.3. The van der Waals surface area contributed by atoms with Gasteiger partial charge < -0.3 is 24.3 Å². The topological polar surface area (TPSA) is 111 Å². The fraction of sp³-hybridized carbons (Fsp3) is 0.476. The number of unbranched alkanes of at least 4 members (excludes halogenated alkanes) is 2. The monoisotopic (exact) mass is 468 g/mol. The van der Waals surface area contributed by atoms with Gasteiger partial charge in [0.1, 0.15) is 10.9 Å². The Bertz CT molecular complexity index is 962. The number of thioether (sulfide) groups is 1. The van der Waals surface area contributed by atoms with E-state index in [1.807, 2.05) is 6.92 Å². The van der Waals surface area contributed by atoms with Gasteiger partial charge in [0.25, 0.3) is 0 Å². The number of imidazole rings is 1. The number of rotatable bonds is 12. The minimum atomic E-state index is -1.04. The summed E-state index contributed by atoms with van der Waals surface area (Å²) in [5.41, 5.74) is 0.876. The minimum Gasteiger partial charge on any atom is -0.481 e. The zero-order valence-electron chi connectivity index (χ0n) is 17.2. The number of aromatic nitrogens is 2. The standard InChI is InChI=1S/C21H25ClN2O6S/c1-2-6-17-23-20(31-8-5-3-4-7-18(25)26)19(21(27)28)24(17)11-13-9-15-16(10-14(13)22)30-12-29-15/h9-10H,2-8,11-12H2,1H3,(H,25,26)(H,27,28). The molecule has 1 aliphatic rings. The first-order valence-corrected chi connectivity index (χ1v) is 11.5. The molecule has 168 valence electrons. The number of aromatic carboxylic acids is 1. The third-order valence-electron chi connectivity index (χ3n) is 4.83. The third-order valence-corrected chi connectivity index (χ3v) is 6.24. The maximum Gasteiger partial charge on any atom is 0.355 e. The number of aliphatic carboxylic acids is 1. The van der Waals surface area contributed by atoms with Gasteiger partial charge in [-0.25, -0.2) is 9.78 Å². The van der Waals surface area contributed by atoms with E-state index in [2.05, 4.69) is 4.98 Å². The van der Waals surface area contributed by atoms with Crippen LogP contribution in [0.1, 0.15) is 60.9 Å². The molecule has 0 saturated carbocycles. The first-order valence-electron chi connectivity index (χ1n) is 10.2. The highest BCUT2D eigenvalue weighted by Crippen LogP contribution is 2.37. The van der Waals surface area contributed by atoms with E-state index in [0.29, 0.717) is 46.0 Å². The van der Waals surface area contributed by atoms with Gasteiger partial charge >= 0.3 is 11.9 Å². The summed E-state index contributed by atoms with van der Waals surface area (Å²) in [7, 11) is 0. The molecule has 0 atom stereocenters. The second-order valence-electron chi connectivity index (χ2n) is 7.17. The van der Waals surface area contributed by atoms with Crippen molar-refractivity contribution < 1.29 is 29.3 Å². The summed E-state index contributed by atoms with van der Waals surface area (Å²) in [6, 6.07) is 3.46. The molecule has 8 nitrogen and oxygen atoms in total. The smallest absolute Gasteiger partial charge is 0.355 e. The van der Waals surface area contributed by atoms with Crippen molar-refractivity contribution in [3.05, 3.63) is 34.2 Å². The first kappa shape index (κ1) is 23.3. The normalized spacial score (nSPS) is 12.3. The van der Waals surface area contributed by atoms with E-state index >= 15 is 0 Å². The molecule has 0 unspecified atom stereocenters. The van der Waals surface area contributed by atoms with Crippen molar-refractivity contribution in [1.29, 1.82) is 0 Å². The summed E-state index contributed by atoms with van der Waals surface area (Å²) in [5.74, 6) is 0.691. The highest BCUT2D eigenvalue weighted by Gasteiger charge is 2.24. The van der Waals surface area contributed by atoms with Crippen LogP contribution in [0.15, 0.2) is 17.2 Å². The highest BCUT2D eigenvalue weighted by molar-refractivity contribution is 7.99. The number of ether oxygens (including phenoxy) is 2. The van der Waals surface area contributed by atoms with Crippen LogP contribution in [0.3, 0.4) is 0 Å². The van der Waals surface area contributed by atoms with Crippen LogP contribution in [0.25, 0.3) is 0 Å². The number of carboxylic acid groups (broad SMARTS) is 2. The molecule has 1 aliphatic heterocycles. The molecule has 2 heterocycles. The average molecular weight is 469 g/mol. The van der Waals surface area contributed by atoms with Gasteiger partial charge in [-0.05, 0) is 36.6 Å². The Morgan fingerprint density at radius 2 is 1.94 bits per heavy atom. The zero-order chi connectivity index (χ0) is 22.4. The van der Waals surface area contributed by atoms with Crippen LogP contribution >= 0.6 is 23.4 Å². The van der Waals surface area contributed by atoms with E-state index in [4.69, 9.17) is 26.2 Å². The first-order chi connectivity index (χ1) is 14.9. The summed E-state index contributed by atoms with van der Waals surface area (Å²) < 4.78 is 12.5. The van der Waals surface area contributed by atoms with E-state index < -0.39 is 11.9 Å². The number of halogens is 1. The molecule has 1 aromatic carbocycles. The van der Waals surface area contributed by atoms with E-state index in [1.54, 1.807) is 16.7 Å². The third kappa shape index (κ3) is 5.86. The van der Waals surface area contributed by atoms with Crippen molar-refractivity contribution in [2.24, 2.45) is 0 Å². The quantitative estimate of drug-likeness (QED) is 0.340. The van der Waals surface area contributed by atoms with Crippen LogP contribution in [0, 0.1) is 0 Å². The molecule has 3 rings (SSSR count). The van der Waals surface area contributed by atoms with Gasteiger partial charge in [-0.15, -0.1) is 11.8 Å². The SMILES string of the molecule is CCCc1nc(SCCCCCC(=O)O)c(C(=O)O)n1Cc1cc2c(cc1Cl)OCO2. The van der Waals surface area contributed by atoms with Crippen molar-refractivity contribution in [2.75, 3.05) is 12.5 Å². The second-order valence-corrected chi connectivity index (χ2v) is 8.66. The lowest BCUT2D eigenvalue weighted by molar-refractivity contribution is -0.137. The molecule has 0 amide bonds. The van der Waals surface area contributed by atoms with E-state index in [1.165, 1.54) is 11.8 Å². The molecule has 0 fully saturated rings. The average Bonchev–Trinajstić information content (AvgIpc) is 3.29. The molecule has 0 radical (unpaired) electrons. The van der Waals surface area contributed by atoms with Crippen LogP contribution in [0.2, 0.25) is 5.02 Å². The Morgan fingerprint density at radius 3 is 2.61 bits per heavy atom. The zero-order valence-corrected chi connectivity index (χ0v) is 18.8. The second kappa shape index (κ2) is 10.8. The molecule has 0 spiro atoms. The molecule has 10 heteroatoms.